The fourth-order valence-electron chi connectivity index (χ4n) is 2.91. The standard InChI is InChI=1S/C12H21NO3/c1-7(14)10-8-5-9(10)13(6-8)11(15)16-12(2,3)4/h7-10,14H,5-6H2,1-4H3/t7-,8+,9-,10+/m1/s1. The molecule has 2 aliphatic heterocycles. The van der Waals surface area contributed by atoms with Gasteiger partial charge in [0.25, 0.3) is 0 Å². The van der Waals surface area contributed by atoms with E-state index in [0.29, 0.717) is 5.92 Å². The van der Waals surface area contributed by atoms with Gasteiger partial charge in [-0.1, -0.05) is 0 Å². The van der Waals surface area contributed by atoms with E-state index in [1.807, 2.05) is 27.7 Å². The van der Waals surface area contributed by atoms with Crippen LogP contribution in [0.3, 0.4) is 0 Å². The Hall–Kier alpha value is -0.770. The molecule has 4 atom stereocenters. The molecule has 3 rings (SSSR count). The summed E-state index contributed by atoms with van der Waals surface area (Å²) >= 11 is 0. The molecule has 0 unspecified atom stereocenters. The highest BCUT2D eigenvalue weighted by Crippen LogP contribution is 2.48. The fraction of sp³-hybridized carbons (Fsp3) is 0.917. The third-order valence-corrected chi connectivity index (χ3v) is 3.55. The first-order valence-corrected chi connectivity index (χ1v) is 5.97. The lowest BCUT2D eigenvalue weighted by Crippen LogP contribution is -2.47. The van der Waals surface area contributed by atoms with Crippen molar-refractivity contribution in [2.45, 2.75) is 51.9 Å². The molecule has 3 fully saturated rings. The average Bonchev–Trinajstić information content (AvgIpc) is 2.53. The zero-order valence-electron chi connectivity index (χ0n) is 10.4. The van der Waals surface area contributed by atoms with E-state index in [1.54, 1.807) is 4.90 Å². The smallest absolute Gasteiger partial charge is 0.410 e. The first-order valence-electron chi connectivity index (χ1n) is 5.97. The van der Waals surface area contributed by atoms with E-state index >= 15 is 0 Å². The molecule has 92 valence electrons. The number of amides is 1. The minimum absolute atomic E-state index is 0.194. The molecule has 4 nitrogen and oxygen atoms in total. The van der Waals surface area contributed by atoms with Crippen LogP contribution in [0.25, 0.3) is 0 Å². The number of hydrogen-bond acceptors (Lipinski definition) is 3. The number of aliphatic hydroxyl groups excluding tert-OH is 1. The van der Waals surface area contributed by atoms with Crippen LogP contribution in [0, 0.1) is 11.8 Å². The molecular weight excluding hydrogens is 206 g/mol. The quantitative estimate of drug-likeness (QED) is 0.740. The van der Waals surface area contributed by atoms with Gasteiger partial charge in [0.1, 0.15) is 5.60 Å². The van der Waals surface area contributed by atoms with Crippen LogP contribution >= 0.6 is 0 Å². The minimum atomic E-state index is -0.440. The van der Waals surface area contributed by atoms with Gasteiger partial charge in [0, 0.05) is 18.5 Å². The molecule has 0 aromatic carbocycles. The van der Waals surface area contributed by atoms with Crippen LogP contribution < -0.4 is 0 Å². The molecule has 3 aliphatic rings. The summed E-state index contributed by atoms with van der Waals surface area (Å²) in [7, 11) is 0. The molecular formula is C12H21NO3. The van der Waals surface area contributed by atoms with Gasteiger partial charge in [-0.3, -0.25) is 0 Å². The van der Waals surface area contributed by atoms with E-state index in [2.05, 4.69) is 0 Å². The van der Waals surface area contributed by atoms with Gasteiger partial charge < -0.3 is 14.7 Å². The zero-order valence-corrected chi connectivity index (χ0v) is 10.4. The van der Waals surface area contributed by atoms with Gasteiger partial charge in [0.05, 0.1) is 6.10 Å². The highest BCUT2D eigenvalue weighted by atomic mass is 16.6. The van der Waals surface area contributed by atoms with Crippen molar-refractivity contribution in [2.24, 2.45) is 11.8 Å². The summed E-state index contributed by atoms with van der Waals surface area (Å²) < 4.78 is 5.35. The Morgan fingerprint density at radius 3 is 2.56 bits per heavy atom. The highest BCUT2D eigenvalue weighted by Gasteiger charge is 2.56. The third-order valence-electron chi connectivity index (χ3n) is 3.55. The molecule has 1 amide bonds. The lowest BCUT2D eigenvalue weighted by Gasteiger charge is -2.38. The molecule has 0 radical (unpaired) electrons. The second kappa shape index (κ2) is 3.62. The lowest BCUT2D eigenvalue weighted by atomic mass is 9.71. The van der Waals surface area contributed by atoms with E-state index in [1.165, 1.54) is 0 Å². The van der Waals surface area contributed by atoms with Crippen LogP contribution in [0.4, 0.5) is 4.79 Å². The number of nitrogens with zero attached hydrogens (tertiary/aromatic N) is 1. The molecule has 4 heteroatoms. The van der Waals surface area contributed by atoms with E-state index in [-0.39, 0.29) is 24.2 Å². The Balaban J connectivity index is 1.96. The Bertz CT molecular complexity index is 295. The SMILES string of the molecule is C[C@@H](O)[C@H]1[C@H]2C[C@H]1N(C(=O)OC(C)(C)C)C2. The first kappa shape index (κ1) is 11.7. The number of aliphatic hydroxyl groups is 1. The van der Waals surface area contributed by atoms with Gasteiger partial charge in [-0.05, 0) is 40.0 Å². The number of carbonyl (C=O) groups is 1. The molecule has 16 heavy (non-hydrogen) atoms. The molecule has 2 bridgehead atoms. The summed E-state index contributed by atoms with van der Waals surface area (Å²) in [6.45, 7) is 8.17. The number of hydrogen-bond donors (Lipinski definition) is 1. The number of carbonyl (C=O) groups excluding carboxylic acids is 1. The first-order chi connectivity index (χ1) is 7.29. The maximum atomic E-state index is 11.9. The van der Waals surface area contributed by atoms with Gasteiger partial charge in [-0.2, -0.15) is 0 Å². The Kier molecular flexibility index (Phi) is 2.65. The van der Waals surface area contributed by atoms with Crippen LogP contribution in [0.5, 0.6) is 0 Å². The van der Waals surface area contributed by atoms with Crippen LogP contribution in [0.1, 0.15) is 34.1 Å². The van der Waals surface area contributed by atoms with Crippen molar-refractivity contribution in [3.05, 3.63) is 0 Å². The van der Waals surface area contributed by atoms with Gasteiger partial charge in [-0.25, -0.2) is 4.79 Å². The topological polar surface area (TPSA) is 49.8 Å². The summed E-state index contributed by atoms with van der Waals surface area (Å²) in [6, 6.07) is 0.194. The predicted octanol–water partition coefficient (Wildman–Crippen LogP) is 1.62. The van der Waals surface area contributed by atoms with Gasteiger partial charge >= 0.3 is 6.09 Å². The highest BCUT2D eigenvalue weighted by molar-refractivity contribution is 5.69. The zero-order chi connectivity index (χ0) is 12.1. The van der Waals surface area contributed by atoms with E-state index in [0.717, 1.165) is 13.0 Å². The average molecular weight is 227 g/mol. The van der Waals surface area contributed by atoms with Gasteiger partial charge in [0.15, 0.2) is 0 Å². The molecule has 1 N–H and O–H groups in total. The van der Waals surface area contributed by atoms with Gasteiger partial charge in [-0.15, -0.1) is 0 Å². The summed E-state index contributed by atoms with van der Waals surface area (Å²) in [4.78, 5) is 13.7. The summed E-state index contributed by atoms with van der Waals surface area (Å²) in [5.41, 5.74) is -0.440. The monoisotopic (exact) mass is 227 g/mol. The lowest BCUT2D eigenvalue weighted by molar-refractivity contribution is 0.000963. The number of rotatable bonds is 1. The molecule has 2 saturated heterocycles. The maximum absolute atomic E-state index is 11.9. The summed E-state index contributed by atoms with van der Waals surface area (Å²) in [5.74, 6) is 0.727. The summed E-state index contributed by atoms with van der Waals surface area (Å²) in [5, 5.41) is 9.61. The van der Waals surface area contributed by atoms with Crippen LogP contribution in [-0.4, -0.2) is 40.4 Å². The minimum Gasteiger partial charge on any atom is -0.444 e. The van der Waals surface area contributed by atoms with Crippen LogP contribution in [0.15, 0.2) is 0 Å². The molecule has 0 aromatic heterocycles. The summed E-state index contributed by atoms with van der Waals surface area (Å²) in [6.07, 6.45) is 0.466. The molecule has 2 heterocycles. The molecule has 1 saturated carbocycles. The van der Waals surface area contributed by atoms with Crippen molar-refractivity contribution in [1.82, 2.24) is 4.90 Å². The molecule has 0 spiro atoms. The van der Waals surface area contributed by atoms with Gasteiger partial charge in [0.2, 0.25) is 0 Å². The molecule has 0 aromatic rings. The second-order valence-corrected chi connectivity index (χ2v) is 6.01. The fourth-order valence-corrected chi connectivity index (χ4v) is 2.91. The van der Waals surface area contributed by atoms with E-state index in [9.17, 15) is 9.90 Å². The van der Waals surface area contributed by atoms with Crippen LogP contribution in [-0.2, 0) is 4.74 Å². The Labute approximate surface area is 96.6 Å². The molecule has 1 aliphatic carbocycles. The number of ether oxygens (including phenoxy) is 1. The van der Waals surface area contributed by atoms with Crippen molar-refractivity contribution < 1.29 is 14.6 Å². The number of fused-ring (bicyclic) bond motifs is 1. The normalized spacial score (nSPS) is 34.6. The predicted molar refractivity (Wildman–Crippen MR) is 60.0 cm³/mol. The largest absolute Gasteiger partial charge is 0.444 e. The van der Waals surface area contributed by atoms with Crippen molar-refractivity contribution in [3.63, 3.8) is 0 Å². The maximum Gasteiger partial charge on any atom is 0.410 e. The van der Waals surface area contributed by atoms with Crippen LogP contribution in [0.2, 0.25) is 0 Å². The van der Waals surface area contributed by atoms with E-state index in [4.69, 9.17) is 4.74 Å². The van der Waals surface area contributed by atoms with Crippen molar-refractivity contribution in [1.29, 1.82) is 0 Å². The van der Waals surface area contributed by atoms with Crippen molar-refractivity contribution in [3.8, 4) is 0 Å². The van der Waals surface area contributed by atoms with E-state index < -0.39 is 5.60 Å². The van der Waals surface area contributed by atoms with Crippen molar-refractivity contribution >= 4 is 6.09 Å². The Morgan fingerprint density at radius 2 is 2.12 bits per heavy atom. The second-order valence-electron chi connectivity index (χ2n) is 6.01. The Morgan fingerprint density at radius 1 is 1.50 bits per heavy atom. The third kappa shape index (κ3) is 1.90. The van der Waals surface area contributed by atoms with Crippen molar-refractivity contribution in [2.75, 3.05) is 6.54 Å².